The van der Waals surface area contributed by atoms with Gasteiger partial charge >= 0.3 is 6.18 Å². The average Bonchev–Trinajstić information content (AvgIpc) is 2.64. The summed E-state index contributed by atoms with van der Waals surface area (Å²) in [7, 11) is 0. The zero-order valence-electron chi connectivity index (χ0n) is 9.45. The van der Waals surface area contributed by atoms with Crippen LogP contribution in [0, 0.1) is 0 Å². The van der Waals surface area contributed by atoms with Crippen molar-refractivity contribution in [1.82, 2.24) is 14.5 Å². The van der Waals surface area contributed by atoms with E-state index in [9.17, 15) is 13.2 Å². The van der Waals surface area contributed by atoms with Crippen LogP contribution in [0.4, 0.5) is 13.2 Å². The molecule has 2 aromatic heterocycles. The standard InChI is InChI=1S/C12H7ClF3N3/c13-11-10-9(17-6-18-11)7-3-1-2-4-8(7)19(10)5-12(14,15)16/h1-4,6H,5H2. The van der Waals surface area contributed by atoms with Crippen molar-refractivity contribution < 1.29 is 13.2 Å². The Morgan fingerprint density at radius 1 is 1.16 bits per heavy atom. The molecule has 0 N–H and O–H groups in total. The molecule has 98 valence electrons. The van der Waals surface area contributed by atoms with Crippen LogP contribution in [0.1, 0.15) is 0 Å². The molecule has 3 nitrogen and oxygen atoms in total. The van der Waals surface area contributed by atoms with Crippen molar-refractivity contribution in [3.05, 3.63) is 35.7 Å². The van der Waals surface area contributed by atoms with E-state index in [-0.39, 0.29) is 10.7 Å². The highest BCUT2D eigenvalue weighted by Gasteiger charge is 2.30. The Hall–Kier alpha value is -1.82. The molecule has 0 saturated carbocycles. The monoisotopic (exact) mass is 285 g/mol. The number of aromatic nitrogens is 3. The number of nitrogens with zero attached hydrogens (tertiary/aromatic N) is 3. The second-order valence-corrected chi connectivity index (χ2v) is 4.44. The summed E-state index contributed by atoms with van der Waals surface area (Å²) < 4.78 is 39.2. The first-order chi connectivity index (χ1) is 8.97. The number of rotatable bonds is 1. The fourth-order valence-corrected chi connectivity index (χ4v) is 2.40. The third kappa shape index (κ3) is 2.02. The maximum absolute atomic E-state index is 12.7. The molecular formula is C12H7ClF3N3. The van der Waals surface area contributed by atoms with Gasteiger partial charge in [-0.1, -0.05) is 29.8 Å². The predicted octanol–water partition coefficient (Wildman–Crippen LogP) is 3.80. The Morgan fingerprint density at radius 3 is 2.63 bits per heavy atom. The minimum atomic E-state index is -4.34. The molecular weight excluding hydrogens is 279 g/mol. The number of alkyl halides is 3. The molecule has 2 heterocycles. The normalized spacial score (nSPS) is 12.4. The highest BCUT2D eigenvalue weighted by molar-refractivity contribution is 6.34. The van der Waals surface area contributed by atoms with Crippen LogP contribution >= 0.6 is 11.6 Å². The minimum absolute atomic E-state index is 0.0189. The molecule has 0 radical (unpaired) electrons. The summed E-state index contributed by atoms with van der Waals surface area (Å²) in [6, 6.07) is 6.75. The van der Waals surface area contributed by atoms with Crippen molar-refractivity contribution in [3.8, 4) is 0 Å². The van der Waals surface area contributed by atoms with Gasteiger partial charge in [0.1, 0.15) is 23.9 Å². The molecule has 19 heavy (non-hydrogen) atoms. The van der Waals surface area contributed by atoms with E-state index in [1.165, 1.54) is 6.33 Å². The Kier molecular flexibility index (Phi) is 2.63. The van der Waals surface area contributed by atoms with E-state index in [0.29, 0.717) is 16.4 Å². The lowest BCUT2D eigenvalue weighted by molar-refractivity contribution is -0.139. The summed E-state index contributed by atoms with van der Waals surface area (Å²) in [5.74, 6) is 0. The second kappa shape index (κ2) is 4.09. The van der Waals surface area contributed by atoms with Crippen LogP contribution in [0.3, 0.4) is 0 Å². The van der Waals surface area contributed by atoms with Gasteiger partial charge in [-0.25, -0.2) is 9.97 Å². The number of fused-ring (bicyclic) bond motifs is 3. The van der Waals surface area contributed by atoms with Gasteiger partial charge < -0.3 is 4.57 Å². The number of halogens is 4. The fourth-order valence-electron chi connectivity index (χ4n) is 2.17. The largest absolute Gasteiger partial charge is 0.406 e. The molecule has 0 spiro atoms. The molecule has 0 aliphatic carbocycles. The van der Waals surface area contributed by atoms with E-state index in [4.69, 9.17) is 11.6 Å². The van der Waals surface area contributed by atoms with Crippen LogP contribution in [-0.2, 0) is 6.54 Å². The maximum atomic E-state index is 12.7. The lowest BCUT2D eigenvalue weighted by Gasteiger charge is -2.10. The predicted molar refractivity (Wildman–Crippen MR) is 66.1 cm³/mol. The van der Waals surface area contributed by atoms with Gasteiger partial charge in [-0.15, -0.1) is 0 Å². The van der Waals surface area contributed by atoms with Crippen molar-refractivity contribution in [2.75, 3.05) is 0 Å². The van der Waals surface area contributed by atoms with E-state index in [2.05, 4.69) is 9.97 Å². The lowest BCUT2D eigenvalue weighted by atomic mass is 10.2. The maximum Gasteiger partial charge on any atom is 0.406 e. The fraction of sp³-hybridized carbons (Fsp3) is 0.167. The molecule has 0 saturated heterocycles. The van der Waals surface area contributed by atoms with Gasteiger partial charge in [0.05, 0.1) is 5.52 Å². The topological polar surface area (TPSA) is 30.7 Å². The highest BCUT2D eigenvalue weighted by Crippen LogP contribution is 2.33. The van der Waals surface area contributed by atoms with Crippen LogP contribution in [0.5, 0.6) is 0 Å². The molecule has 0 aliphatic rings. The van der Waals surface area contributed by atoms with Crippen LogP contribution in [0.15, 0.2) is 30.6 Å². The molecule has 1 aromatic carbocycles. The summed E-state index contributed by atoms with van der Waals surface area (Å²) >= 11 is 5.92. The van der Waals surface area contributed by atoms with Crippen molar-refractivity contribution in [2.24, 2.45) is 0 Å². The van der Waals surface area contributed by atoms with Crippen LogP contribution in [0.2, 0.25) is 5.15 Å². The third-order valence-electron chi connectivity index (χ3n) is 2.83. The summed E-state index contributed by atoms with van der Waals surface area (Å²) in [5.41, 5.74) is 1.08. The van der Waals surface area contributed by atoms with Crippen molar-refractivity contribution in [2.45, 2.75) is 12.7 Å². The molecule has 0 aliphatic heterocycles. The van der Waals surface area contributed by atoms with Gasteiger partial charge in [0.15, 0.2) is 5.15 Å². The van der Waals surface area contributed by atoms with E-state index in [1.54, 1.807) is 24.3 Å². The van der Waals surface area contributed by atoms with E-state index < -0.39 is 12.7 Å². The zero-order chi connectivity index (χ0) is 13.6. The van der Waals surface area contributed by atoms with Crippen molar-refractivity contribution in [3.63, 3.8) is 0 Å². The summed E-state index contributed by atoms with van der Waals surface area (Å²) in [6.07, 6.45) is -3.09. The van der Waals surface area contributed by atoms with Crippen molar-refractivity contribution in [1.29, 1.82) is 0 Å². The van der Waals surface area contributed by atoms with E-state index >= 15 is 0 Å². The molecule has 7 heteroatoms. The second-order valence-electron chi connectivity index (χ2n) is 4.08. The van der Waals surface area contributed by atoms with E-state index in [1.807, 2.05) is 0 Å². The van der Waals surface area contributed by atoms with Crippen LogP contribution in [0.25, 0.3) is 21.9 Å². The van der Waals surface area contributed by atoms with Gasteiger partial charge in [0.2, 0.25) is 0 Å². The molecule has 3 aromatic rings. The SMILES string of the molecule is FC(F)(F)Cn1c2ccccc2c2ncnc(Cl)c21. The Balaban J connectivity index is 2.44. The van der Waals surface area contributed by atoms with Gasteiger partial charge in [0.25, 0.3) is 0 Å². The molecule has 0 fully saturated rings. The molecule has 3 rings (SSSR count). The van der Waals surface area contributed by atoms with Gasteiger partial charge in [0, 0.05) is 5.39 Å². The number of para-hydroxylation sites is 1. The number of hydrogen-bond acceptors (Lipinski definition) is 2. The first kappa shape index (κ1) is 12.2. The summed E-state index contributed by atoms with van der Waals surface area (Å²) in [6.45, 7) is -1.12. The number of hydrogen-bond donors (Lipinski definition) is 0. The quantitative estimate of drug-likeness (QED) is 0.637. The minimum Gasteiger partial charge on any atom is -0.327 e. The first-order valence-corrected chi connectivity index (χ1v) is 5.79. The molecule has 0 atom stereocenters. The average molecular weight is 286 g/mol. The van der Waals surface area contributed by atoms with Gasteiger partial charge in [-0.05, 0) is 6.07 Å². The summed E-state index contributed by atoms with van der Waals surface area (Å²) in [5, 5.41) is 0.650. The molecule has 0 amide bonds. The van der Waals surface area contributed by atoms with Gasteiger partial charge in [-0.3, -0.25) is 0 Å². The lowest BCUT2D eigenvalue weighted by Crippen LogP contribution is -2.17. The van der Waals surface area contributed by atoms with Crippen LogP contribution < -0.4 is 0 Å². The molecule has 0 bridgehead atoms. The molecule has 0 unspecified atom stereocenters. The zero-order valence-corrected chi connectivity index (χ0v) is 10.2. The van der Waals surface area contributed by atoms with E-state index in [0.717, 1.165) is 4.57 Å². The Labute approximate surface area is 110 Å². The first-order valence-electron chi connectivity index (χ1n) is 5.41. The highest BCUT2D eigenvalue weighted by atomic mass is 35.5. The smallest absolute Gasteiger partial charge is 0.327 e. The third-order valence-corrected chi connectivity index (χ3v) is 3.11. The Bertz CT molecular complexity index is 764. The number of benzene rings is 1. The van der Waals surface area contributed by atoms with Crippen LogP contribution in [-0.4, -0.2) is 20.7 Å². The Morgan fingerprint density at radius 2 is 1.89 bits per heavy atom. The van der Waals surface area contributed by atoms with Gasteiger partial charge in [-0.2, -0.15) is 13.2 Å². The van der Waals surface area contributed by atoms with Crippen molar-refractivity contribution >= 4 is 33.5 Å². The summed E-state index contributed by atoms with van der Waals surface area (Å²) in [4.78, 5) is 7.80.